The zero-order valence-corrected chi connectivity index (χ0v) is 12.7. The summed E-state index contributed by atoms with van der Waals surface area (Å²) in [4.78, 5) is 0. The second-order valence-corrected chi connectivity index (χ2v) is 7.83. The fraction of sp³-hybridized carbons (Fsp3) is 0.533. The Kier molecular flexibility index (Phi) is 3.89. The molecule has 114 valence electrons. The van der Waals surface area contributed by atoms with Crippen LogP contribution >= 0.6 is 0 Å². The standard InChI is InChI=1S/C15H20N2O3S/c18-16-14-10-11-17(15-9-5-4-8-13(14)15)21(19,20)12-6-2-1-3-7-12/h4-5,8-9,12,18H,1-3,6-7,10-11H2. The molecule has 21 heavy (non-hydrogen) atoms. The molecule has 6 heteroatoms. The molecule has 1 fully saturated rings. The van der Waals surface area contributed by atoms with Crippen molar-refractivity contribution in [2.45, 2.75) is 43.8 Å². The average Bonchev–Trinajstić information content (AvgIpc) is 2.54. The van der Waals surface area contributed by atoms with Crippen LogP contribution in [0.2, 0.25) is 0 Å². The number of para-hydroxylation sites is 1. The number of nitrogens with zero attached hydrogens (tertiary/aromatic N) is 2. The molecule has 1 aromatic rings. The summed E-state index contributed by atoms with van der Waals surface area (Å²) in [6.07, 6.45) is 5.05. The molecule has 0 atom stereocenters. The van der Waals surface area contributed by atoms with Gasteiger partial charge in [-0.1, -0.05) is 42.6 Å². The molecule has 1 aromatic carbocycles. The van der Waals surface area contributed by atoms with Crippen LogP contribution in [-0.4, -0.2) is 31.1 Å². The number of rotatable bonds is 2. The Hall–Kier alpha value is -1.56. The van der Waals surface area contributed by atoms with E-state index in [-0.39, 0.29) is 5.25 Å². The zero-order valence-electron chi connectivity index (χ0n) is 11.9. The van der Waals surface area contributed by atoms with Crippen molar-refractivity contribution in [1.82, 2.24) is 0 Å². The van der Waals surface area contributed by atoms with E-state index in [0.717, 1.165) is 32.1 Å². The fourth-order valence-electron chi connectivity index (χ4n) is 3.31. The highest BCUT2D eigenvalue weighted by Gasteiger charge is 2.36. The lowest BCUT2D eigenvalue weighted by Crippen LogP contribution is -2.43. The van der Waals surface area contributed by atoms with Gasteiger partial charge in [0.25, 0.3) is 0 Å². The van der Waals surface area contributed by atoms with E-state index in [1.807, 2.05) is 18.2 Å². The summed E-state index contributed by atoms with van der Waals surface area (Å²) in [7, 11) is -3.33. The van der Waals surface area contributed by atoms with Crippen LogP contribution in [0.5, 0.6) is 0 Å². The lowest BCUT2D eigenvalue weighted by atomic mass is 10.0. The molecule has 2 aliphatic rings. The summed E-state index contributed by atoms with van der Waals surface area (Å²) in [5, 5.41) is 12.1. The maximum atomic E-state index is 12.9. The van der Waals surface area contributed by atoms with Gasteiger partial charge in [-0.15, -0.1) is 0 Å². The number of hydrogen-bond donors (Lipinski definition) is 1. The Balaban J connectivity index is 1.99. The smallest absolute Gasteiger partial charge is 0.238 e. The second kappa shape index (κ2) is 5.67. The number of sulfonamides is 1. The van der Waals surface area contributed by atoms with Gasteiger partial charge >= 0.3 is 0 Å². The number of fused-ring (bicyclic) bond motifs is 1. The highest BCUT2D eigenvalue weighted by molar-refractivity contribution is 7.93. The maximum Gasteiger partial charge on any atom is 0.238 e. The number of anilines is 1. The molecule has 0 bridgehead atoms. The minimum Gasteiger partial charge on any atom is -0.411 e. The van der Waals surface area contributed by atoms with E-state index in [9.17, 15) is 8.42 Å². The molecule has 0 spiro atoms. The molecule has 1 aliphatic heterocycles. The Morgan fingerprint density at radius 3 is 2.57 bits per heavy atom. The highest BCUT2D eigenvalue weighted by Crippen LogP contribution is 2.34. The van der Waals surface area contributed by atoms with Crippen molar-refractivity contribution in [3.63, 3.8) is 0 Å². The van der Waals surface area contributed by atoms with Crippen LogP contribution < -0.4 is 4.31 Å². The van der Waals surface area contributed by atoms with Crippen LogP contribution in [0.1, 0.15) is 44.1 Å². The minimum atomic E-state index is -3.33. The highest BCUT2D eigenvalue weighted by atomic mass is 32.2. The van der Waals surface area contributed by atoms with Gasteiger partial charge in [-0.2, -0.15) is 0 Å². The molecule has 0 amide bonds. The molecular formula is C15H20N2O3S. The van der Waals surface area contributed by atoms with E-state index in [0.29, 0.717) is 29.9 Å². The SMILES string of the molecule is O=S(=O)(C1CCCCC1)N1CCC(=NO)c2ccccc21. The van der Waals surface area contributed by atoms with Crippen molar-refractivity contribution in [1.29, 1.82) is 0 Å². The second-order valence-electron chi connectivity index (χ2n) is 5.69. The van der Waals surface area contributed by atoms with Crippen LogP contribution in [0.25, 0.3) is 0 Å². The van der Waals surface area contributed by atoms with E-state index in [4.69, 9.17) is 5.21 Å². The Labute approximate surface area is 125 Å². The fourth-order valence-corrected chi connectivity index (χ4v) is 5.38. The minimum absolute atomic E-state index is 0.271. The van der Waals surface area contributed by atoms with Gasteiger partial charge in [0.2, 0.25) is 10.0 Å². The molecule has 1 heterocycles. The van der Waals surface area contributed by atoms with E-state index in [1.54, 1.807) is 6.07 Å². The summed E-state index contributed by atoms with van der Waals surface area (Å²) in [6, 6.07) is 7.26. The van der Waals surface area contributed by atoms with Gasteiger partial charge in [-0.25, -0.2) is 8.42 Å². The van der Waals surface area contributed by atoms with Crippen molar-refractivity contribution < 1.29 is 13.6 Å². The zero-order chi connectivity index (χ0) is 14.9. The lowest BCUT2D eigenvalue weighted by Gasteiger charge is -2.34. The van der Waals surface area contributed by atoms with Crippen LogP contribution in [0.3, 0.4) is 0 Å². The summed E-state index contributed by atoms with van der Waals surface area (Å²) < 4.78 is 27.4. The molecule has 1 aliphatic carbocycles. The Morgan fingerprint density at radius 1 is 1.14 bits per heavy atom. The number of hydrogen-bond acceptors (Lipinski definition) is 4. The summed E-state index contributed by atoms with van der Waals surface area (Å²) in [6.45, 7) is 0.356. The van der Waals surface area contributed by atoms with Gasteiger partial charge in [0.1, 0.15) is 0 Å². The predicted octanol–water partition coefficient (Wildman–Crippen LogP) is 2.74. The molecule has 0 radical (unpaired) electrons. The quantitative estimate of drug-likeness (QED) is 0.674. The Morgan fingerprint density at radius 2 is 1.86 bits per heavy atom. The molecule has 5 nitrogen and oxygen atoms in total. The van der Waals surface area contributed by atoms with Crippen LogP contribution in [0.15, 0.2) is 29.4 Å². The van der Waals surface area contributed by atoms with E-state index in [2.05, 4.69) is 5.16 Å². The topological polar surface area (TPSA) is 70.0 Å². The third-order valence-corrected chi connectivity index (χ3v) is 6.74. The normalized spacial score (nSPS) is 22.3. The largest absolute Gasteiger partial charge is 0.411 e. The Bertz CT molecular complexity index is 649. The first kappa shape index (κ1) is 14.4. The van der Waals surface area contributed by atoms with Gasteiger partial charge in [0, 0.05) is 18.5 Å². The van der Waals surface area contributed by atoms with Crippen molar-refractivity contribution in [2.75, 3.05) is 10.8 Å². The summed E-state index contributed by atoms with van der Waals surface area (Å²) >= 11 is 0. The van der Waals surface area contributed by atoms with Crippen molar-refractivity contribution in [2.24, 2.45) is 5.16 Å². The number of benzene rings is 1. The van der Waals surface area contributed by atoms with Crippen molar-refractivity contribution in [3.8, 4) is 0 Å². The first-order chi connectivity index (χ1) is 10.1. The molecule has 0 saturated heterocycles. The molecule has 1 N–H and O–H groups in total. The van der Waals surface area contributed by atoms with Gasteiger partial charge < -0.3 is 5.21 Å². The van der Waals surface area contributed by atoms with Crippen molar-refractivity contribution >= 4 is 21.4 Å². The van der Waals surface area contributed by atoms with Gasteiger partial charge in [0.15, 0.2) is 0 Å². The summed E-state index contributed by atoms with van der Waals surface area (Å²) in [5.41, 5.74) is 1.91. The van der Waals surface area contributed by atoms with E-state index < -0.39 is 10.0 Å². The monoisotopic (exact) mass is 308 g/mol. The molecule has 0 aromatic heterocycles. The number of oxime groups is 1. The van der Waals surface area contributed by atoms with E-state index >= 15 is 0 Å². The van der Waals surface area contributed by atoms with Gasteiger partial charge in [-0.3, -0.25) is 4.31 Å². The third kappa shape index (κ3) is 2.52. The predicted molar refractivity (Wildman–Crippen MR) is 82.5 cm³/mol. The maximum absolute atomic E-state index is 12.9. The average molecular weight is 308 g/mol. The lowest BCUT2D eigenvalue weighted by molar-refractivity contribution is 0.318. The van der Waals surface area contributed by atoms with Crippen LogP contribution in [0, 0.1) is 0 Å². The van der Waals surface area contributed by atoms with E-state index in [1.165, 1.54) is 4.31 Å². The molecule has 3 rings (SSSR count). The van der Waals surface area contributed by atoms with Gasteiger partial charge in [0.05, 0.1) is 16.6 Å². The summed E-state index contributed by atoms with van der Waals surface area (Å²) in [5.74, 6) is 0. The van der Waals surface area contributed by atoms with Crippen molar-refractivity contribution in [3.05, 3.63) is 29.8 Å². The molecule has 0 unspecified atom stereocenters. The first-order valence-corrected chi connectivity index (χ1v) is 8.97. The van der Waals surface area contributed by atoms with Crippen LogP contribution in [-0.2, 0) is 10.0 Å². The molecule has 1 saturated carbocycles. The third-order valence-electron chi connectivity index (χ3n) is 4.44. The first-order valence-electron chi connectivity index (χ1n) is 7.46. The van der Waals surface area contributed by atoms with Gasteiger partial charge in [-0.05, 0) is 18.9 Å². The van der Waals surface area contributed by atoms with Crippen LogP contribution in [0.4, 0.5) is 5.69 Å². The molecular weight excluding hydrogens is 288 g/mol.